The SMILES string of the molecule is O=C(c1ccccc1CN1CCOCC1)N1CCC2(CC1)CC(Oc1ccccc1)CO2. The third kappa shape index (κ3) is 4.82. The van der Waals surface area contributed by atoms with E-state index in [4.69, 9.17) is 14.2 Å². The first-order chi connectivity index (χ1) is 15.7. The number of morpholine rings is 1. The molecule has 1 unspecified atom stereocenters. The number of carbonyl (C=O) groups excluding carboxylic acids is 1. The molecule has 1 spiro atoms. The number of hydrogen-bond donors (Lipinski definition) is 0. The summed E-state index contributed by atoms with van der Waals surface area (Å²) in [6.07, 6.45) is 2.68. The van der Waals surface area contributed by atoms with Crippen LogP contribution in [0.4, 0.5) is 0 Å². The van der Waals surface area contributed by atoms with E-state index in [0.29, 0.717) is 6.61 Å². The molecule has 3 fully saturated rings. The lowest BCUT2D eigenvalue weighted by atomic mass is 9.87. The predicted octanol–water partition coefficient (Wildman–Crippen LogP) is 3.36. The first-order valence-corrected chi connectivity index (χ1v) is 11.7. The molecule has 3 aliphatic heterocycles. The van der Waals surface area contributed by atoms with Crippen LogP contribution >= 0.6 is 0 Å². The van der Waals surface area contributed by atoms with Gasteiger partial charge in [0, 0.05) is 44.7 Å². The maximum Gasteiger partial charge on any atom is 0.254 e. The zero-order valence-electron chi connectivity index (χ0n) is 18.6. The van der Waals surface area contributed by atoms with Crippen LogP contribution in [0.1, 0.15) is 35.2 Å². The van der Waals surface area contributed by atoms with E-state index in [1.165, 1.54) is 0 Å². The number of rotatable bonds is 5. The van der Waals surface area contributed by atoms with Crippen LogP contribution in [0.15, 0.2) is 54.6 Å². The molecule has 170 valence electrons. The van der Waals surface area contributed by atoms with E-state index in [9.17, 15) is 4.79 Å². The minimum absolute atomic E-state index is 0.0777. The van der Waals surface area contributed by atoms with Crippen LogP contribution in [-0.2, 0) is 16.0 Å². The molecular formula is C26H32N2O4. The van der Waals surface area contributed by atoms with Gasteiger partial charge in [-0.15, -0.1) is 0 Å². The topological polar surface area (TPSA) is 51.2 Å². The molecule has 0 N–H and O–H groups in total. The Hall–Kier alpha value is -2.41. The summed E-state index contributed by atoms with van der Waals surface area (Å²) >= 11 is 0. The summed E-state index contributed by atoms with van der Waals surface area (Å²) in [7, 11) is 0. The molecule has 0 radical (unpaired) electrons. The predicted molar refractivity (Wildman–Crippen MR) is 122 cm³/mol. The van der Waals surface area contributed by atoms with Gasteiger partial charge in [0.25, 0.3) is 5.91 Å². The molecule has 1 atom stereocenters. The van der Waals surface area contributed by atoms with E-state index in [1.807, 2.05) is 53.4 Å². The van der Waals surface area contributed by atoms with Crippen molar-refractivity contribution in [2.45, 2.75) is 37.5 Å². The first-order valence-electron chi connectivity index (χ1n) is 11.7. The molecule has 0 bridgehead atoms. The third-order valence-electron chi connectivity index (χ3n) is 6.93. The van der Waals surface area contributed by atoms with E-state index in [2.05, 4.69) is 11.0 Å². The van der Waals surface area contributed by atoms with Gasteiger partial charge in [-0.05, 0) is 36.6 Å². The molecule has 3 heterocycles. The molecule has 5 rings (SSSR count). The largest absolute Gasteiger partial charge is 0.488 e. The fourth-order valence-electron chi connectivity index (χ4n) is 5.07. The monoisotopic (exact) mass is 436 g/mol. The zero-order valence-corrected chi connectivity index (χ0v) is 18.6. The Kier molecular flexibility index (Phi) is 6.44. The lowest BCUT2D eigenvalue weighted by Crippen LogP contribution is -2.47. The third-order valence-corrected chi connectivity index (χ3v) is 6.93. The molecule has 0 aliphatic carbocycles. The molecule has 2 aromatic carbocycles. The van der Waals surface area contributed by atoms with Crippen LogP contribution in [0, 0.1) is 0 Å². The number of ether oxygens (including phenoxy) is 3. The van der Waals surface area contributed by atoms with Gasteiger partial charge in [0.15, 0.2) is 0 Å². The fraction of sp³-hybridized carbons (Fsp3) is 0.500. The lowest BCUT2D eigenvalue weighted by Gasteiger charge is -2.39. The van der Waals surface area contributed by atoms with Crippen molar-refractivity contribution in [1.82, 2.24) is 9.80 Å². The molecule has 0 saturated carbocycles. The number of hydrogen-bond acceptors (Lipinski definition) is 5. The van der Waals surface area contributed by atoms with Crippen molar-refractivity contribution in [3.63, 3.8) is 0 Å². The maximum atomic E-state index is 13.4. The second-order valence-electron chi connectivity index (χ2n) is 9.09. The van der Waals surface area contributed by atoms with Gasteiger partial charge < -0.3 is 19.1 Å². The molecule has 6 heteroatoms. The summed E-state index contributed by atoms with van der Waals surface area (Å²) in [4.78, 5) is 17.7. The standard InChI is InChI=1S/C26H32N2O4/c29-25(24-9-5-4-6-21(24)19-27-14-16-30-17-15-27)28-12-10-26(11-13-28)18-23(20-31-26)32-22-7-2-1-3-8-22/h1-9,23H,10-20H2. The summed E-state index contributed by atoms with van der Waals surface area (Å²) in [5.41, 5.74) is 1.77. The van der Waals surface area contributed by atoms with Crippen LogP contribution in [0.5, 0.6) is 5.75 Å². The van der Waals surface area contributed by atoms with Gasteiger partial charge in [-0.1, -0.05) is 36.4 Å². The van der Waals surface area contributed by atoms with Gasteiger partial charge in [-0.2, -0.15) is 0 Å². The maximum absolute atomic E-state index is 13.4. The smallest absolute Gasteiger partial charge is 0.254 e. The number of amides is 1. The number of piperidine rings is 1. The Morgan fingerprint density at radius 3 is 2.47 bits per heavy atom. The molecular weight excluding hydrogens is 404 g/mol. The van der Waals surface area contributed by atoms with Crippen molar-refractivity contribution in [3.05, 3.63) is 65.7 Å². The van der Waals surface area contributed by atoms with Gasteiger partial charge >= 0.3 is 0 Å². The van der Waals surface area contributed by atoms with Crippen molar-refractivity contribution in [1.29, 1.82) is 0 Å². The van der Waals surface area contributed by atoms with Crippen LogP contribution in [0.25, 0.3) is 0 Å². The highest BCUT2D eigenvalue weighted by molar-refractivity contribution is 5.95. The Bertz CT molecular complexity index is 905. The van der Waals surface area contributed by atoms with Crippen LogP contribution in [-0.4, -0.2) is 73.4 Å². The van der Waals surface area contributed by atoms with Gasteiger partial charge in [-0.3, -0.25) is 9.69 Å². The molecule has 32 heavy (non-hydrogen) atoms. The Morgan fingerprint density at radius 2 is 1.69 bits per heavy atom. The van der Waals surface area contributed by atoms with Crippen LogP contribution < -0.4 is 4.74 Å². The summed E-state index contributed by atoms with van der Waals surface area (Å²) < 4.78 is 17.8. The minimum Gasteiger partial charge on any atom is -0.488 e. The van der Waals surface area contributed by atoms with E-state index in [1.54, 1.807) is 0 Å². The quantitative estimate of drug-likeness (QED) is 0.720. The van der Waals surface area contributed by atoms with E-state index < -0.39 is 0 Å². The molecule has 3 saturated heterocycles. The summed E-state index contributed by atoms with van der Waals surface area (Å²) in [5.74, 6) is 1.03. The second-order valence-corrected chi connectivity index (χ2v) is 9.09. The molecule has 6 nitrogen and oxygen atoms in total. The lowest BCUT2D eigenvalue weighted by molar-refractivity contribution is -0.0396. The Morgan fingerprint density at radius 1 is 0.969 bits per heavy atom. The van der Waals surface area contributed by atoms with Gasteiger partial charge in [-0.25, -0.2) is 0 Å². The van der Waals surface area contributed by atoms with Gasteiger partial charge in [0.05, 0.1) is 25.4 Å². The summed E-state index contributed by atoms with van der Waals surface area (Å²) in [5, 5.41) is 0. The highest BCUT2D eigenvalue weighted by atomic mass is 16.6. The van der Waals surface area contributed by atoms with E-state index in [0.717, 1.165) is 82.1 Å². The number of carbonyl (C=O) groups is 1. The normalized spacial score (nSPS) is 23.4. The van der Waals surface area contributed by atoms with Gasteiger partial charge in [0.2, 0.25) is 0 Å². The number of likely N-dealkylation sites (tertiary alicyclic amines) is 1. The van der Waals surface area contributed by atoms with Gasteiger partial charge in [0.1, 0.15) is 11.9 Å². The van der Waals surface area contributed by atoms with Crippen LogP contribution in [0.2, 0.25) is 0 Å². The van der Waals surface area contributed by atoms with Crippen molar-refractivity contribution in [2.75, 3.05) is 46.0 Å². The second kappa shape index (κ2) is 9.61. The minimum atomic E-state index is -0.163. The highest BCUT2D eigenvalue weighted by Gasteiger charge is 2.44. The van der Waals surface area contributed by atoms with E-state index >= 15 is 0 Å². The van der Waals surface area contributed by atoms with Crippen molar-refractivity contribution >= 4 is 5.91 Å². The summed E-state index contributed by atoms with van der Waals surface area (Å²) in [6, 6.07) is 18.0. The average molecular weight is 437 g/mol. The van der Waals surface area contributed by atoms with Crippen molar-refractivity contribution in [3.8, 4) is 5.75 Å². The number of nitrogens with zero attached hydrogens (tertiary/aromatic N) is 2. The fourth-order valence-corrected chi connectivity index (χ4v) is 5.07. The zero-order chi connectivity index (χ0) is 21.8. The van der Waals surface area contributed by atoms with Crippen molar-refractivity contribution in [2.24, 2.45) is 0 Å². The molecule has 1 amide bonds. The number of para-hydroxylation sites is 1. The molecule has 0 aromatic heterocycles. The Labute approximate surface area is 190 Å². The van der Waals surface area contributed by atoms with Crippen molar-refractivity contribution < 1.29 is 19.0 Å². The highest BCUT2D eigenvalue weighted by Crippen LogP contribution is 2.37. The first kappa shape index (κ1) is 21.4. The molecule has 3 aliphatic rings. The summed E-state index contributed by atoms with van der Waals surface area (Å²) in [6.45, 7) is 6.22. The average Bonchev–Trinajstić information content (AvgIpc) is 3.22. The van der Waals surface area contributed by atoms with E-state index in [-0.39, 0.29) is 17.6 Å². The van der Waals surface area contributed by atoms with Crippen LogP contribution in [0.3, 0.4) is 0 Å². The Balaban J connectivity index is 1.18. The molecule has 2 aromatic rings. The number of benzene rings is 2.